The monoisotopic (exact) mass is 395 g/mol. The van der Waals surface area contributed by atoms with Gasteiger partial charge in [0, 0.05) is 0 Å². The summed E-state index contributed by atoms with van der Waals surface area (Å²) in [5, 5.41) is 2.99. The molecular weight excluding hydrogens is 362 g/mol. The molecule has 0 aliphatic carbocycles. The van der Waals surface area contributed by atoms with Crippen LogP contribution in [0.5, 0.6) is 0 Å². The summed E-state index contributed by atoms with van der Waals surface area (Å²) >= 11 is 5.99. The molecule has 1 atom stereocenters. The van der Waals surface area contributed by atoms with E-state index >= 15 is 0 Å². The summed E-state index contributed by atoms with van der Waals surface area (Å²) in [5.74, 6) is -0.782. The quantitative estimate of drug-likeness (QED) is 0.314. The Morgan fingerprint density at radius 2 is 1.52 bits per heavy atom. The fourth-order valence-corrected chi connectivity index (χ4v) is 3.09. The minimum Gasteiger partial charge on any atom is -0.464 e. The van der Waals surface area contributed by atoms with Crippen LogP contribution in [-0.4, -0.2) is 24.5 Å². The molecule has 0 aliphatic heterocycles. The van der Waals surface area contributed by atoms with E-state index < -0.39 is 12.0 Å². The number of nitrogens with one attached hydrogen (secondary N) is 1. The number of hydrogen-bond acceptors (Lipinski definition) is 3. The molecule has 27 heavy (non-hydrogen) atoms. The molecule has 0 saturated carbocycles. The molecule has 5 heteroatoms. The molecule has 0 saturated heterocycles. The number of hydrogen-bond donors (Lipinski definition) is 1. The van der Waals surface area contributed by atoms with Gasteiger partial charge in [-0.15, -0.1) is 0 Å². The lowest BCUT2D eigenvalue weighted by atomic mass is 10.1. The summed E-state index contributed by atoms with van der Waals surface area (Å²) in [6.07, 6.45) is 12.4. The number of unbranched alkanes of at least 4 members (excludes halogenated alkanes) is 9. The molecule has 0 bridgehead atoms. The zero-order chi connectivity index (χ0) is 19.9. The molecule has 0 heterocycles. The lowest BCUT2D eigenvalue weighted by Crippen LogP contribution is -2.39. The first-order chi connectivity index (χ1) is 13.1. The Morgan fingerprint density at radius 3 is 2.11 bits per heavy atom. The number of benzene rings is 1. The van der Waals surface area contributed by atoms with Crippen LogP contribution in [0, 0.1) is 0 Å². The topological polar surface area (TPSA) is 55.4 Å². The number of esters is 1. The van der Waals surface area contributed by atoms with Gasteiger partial charge in [-0.1, -0.05) is 88.4 Å². The van der Waals surface area contributed by atoms with Gasteiger partial charge in [-0.2, -0.15) is 0 Å². The third kappa shape index (κ3) is 10.4. The molecule has 0 unspecified atom stereocenters. The molecule has 1 rings (SSSR count). The lowest BCUT2D eigenvalue weighted by molar-refractivity contribution is -0.145. The second kappa shape index (κ2) is 14.5. The van der Waals surface area contributed by atoms with Crippen molar-refractivity contribution in [2.24, 2.45) is 0 Å². The van der Waals surface area contributed by atoms with E-state index in [4.69, 9.17) is 16.3 Å². The van der Waals surface area contributed by atoms with Gasteiger partial charge in [0.2, 0.25) is 0 Å². The largest absolute Gasteiger partial charge is 0.464 e. The molecule has 1 aromatic rings. The number of amides is 1. The van der Waals surface area contributed by atoms with Crippen LogP contribution in [0.4, 0.5) is 0 Å². The highest BCUT2D eigenvalue weighted by atomic mass is 35.5. The predicted octanol–water partition coefficient (Wildman–Crippen LogP) is 5.92. The first-order valence-electron chi connectivity index (χ1n) is 10.3. The molecule has 1 N–H and O–H groups in total. The van der Waals surface area contributed by atoms with E-state index in [0.29, 0.717) is 17.2 Å². The fraction of sp³-hybridized carbons (Fsp3) is 0.636. The minimum atomic E-state index is -0.697. The molecule has 152 valence electrons. The van der Waals surface area contributed by atoms with Crippen molar-refractivity contribution in [3.05, 3.63) is 34.9 Å². The maximum atomic E-state index is 12.1. The molecule has 0 aliphatic rings. The van der Waals surface area contributed by atoms with Gasteiger partial charge in [0.1, 0.15) is 6.04 Å². The summed E-state index contributed by atoms with van der Waals surface area (Å²) < 4.78 is 5.26. The molecule has 1 amide bonds. The SMILES string of the molecule is CCCCCCCCCCCCOC(=O)[C@H](C)NC(=O)c1ccccc1Cl. The van der Waals surface area contributed by atoms with E-state index in [1.165, 1.54) is 51.4 Å². The highest BCUT2D eigenvalue weighted by Crippen LogP contribution is 2.15. The van der Waals surface area contributed by atoms with E-state index in [1.807, 2.05) is 0 Å². The molecule has 0 aromatic heterocycles. The zero-order valence-corrected chi connectivity index (χ0v) is 17.5. The number of ether oxygens (including phenoxy) is 1. The van der Waals surface area contributed by atoms with Crippen molar-refractivity contribution in [1.82, 2.24) is 5.32 Å². The van der Waals surface area contributed by atoms with E-state index in [0.717, 1.165) is 12.8 Å². The summed E-state index contributed by atoms with van der Waals surface area (Å²) in [6.45, 7) is 4.26. The first-order valence-corrected chi connectivity index (χ1v) is 10.7. The normalized spacial score (nSPS) is 11.8. The third-order valence-corrected chi connectivity index (χ3v) is 4.89. The van der Waals surface area contributed by atoms with E-state index in [9.17, 15) is 9.59 Å². The smallest absolute Gasteiger partial charge is 0.328 e. The predicted molar refractivity (Wildman–Crippen MR) is 111 cm³/mol. The van der Waals surface area contributed by atoms with Crippen molar-refractivity contribution in [2.75, 3.05) is 6.61 Å². The van der Waals surface area contributed by atoms with Crippen molar-refractivity contribution >= 4 is 23.5 Å². The van der Waals surface area contributed by atoms with Crippen molar-refractivity contribution in [2.45, 2.75) is 84.1 Å². The molecule has 4 nitrogen and oxygen atoms in total. The summed E-state index contributed by atoms with van der Waals surface area (Å²) in [4.78, 5) is 24.1. The van der Waals surface area contributed by atoms with Crippen molar-refractivity contribution in [3.8, 4) is 0 Å². The summed E-state index contributed by atoms with van der Waals surface area (Å²) in [5.41, 5.74) is 0.355. The van der Waals surface area contributed by atoms with Gasteiger partial charge in [0.15, 0.2) is 0 Å². The van der Waals surface area contributed by atoms with Crippen LogP contribution in [0.25, 0.3) is 0 Å². The van der Waals surface area contributed by atoms with Gasteiger partial charge in [0.25, 0.3) is 5.91 Å². The van der Waals surface area contributed by atoms with Gasteiger partial charge < -0.3 is 10.1 Å². The standard InChI is InChI=1S/C22H34ClNO3/c1-3-4-5-6-7-8-9-10-11-14-17-27-22(26)18(2)24-21(25)19-15-12-13-16-20(19)23/h12-13,15-16,18H,3-11,14,17H2,1-2H3,(H,24,25)/t18-/m0/s1. The molecule has 0 spiro atoms. The van der Waals surface area contributed by atoms with Crippen LogP contribution in [0.2, 0.25) is 5.02 Å². The van der Waals surface area contributed by atoms with Crippen LogP contribution in [-0.2, 0) is 9.53 Å². The molecule has 0 fully saturated rings. The van der Waals surface area contributed by atoms with Crippen LogP contribution in [0.3, 0.4) is 0 Å². The van der Waals surface area contributed by atoms with Crippen molar-refractivity contribution in [3.63, 3.8) is 0 Å². The summed E-state index contributed by atoms with van der Waals surface area (Å²) in [6, 6.07) is 6.06. The van der Waals surface area contributed by atoms with Crippen LogP contribution < -0.4 is 5.32 Å². The second-order valence-electron chi connectivity index (χ2n) is 7.02. The van der Waals surface area contributed by atoms with E-state index in [2.05, 4.69) is 12.2 Å². The van der Waals surface area contributed by atoms with Gasteiger partial charge in [-0.05, 0) is 25.5 Å². The number of carbonyl (C=O) groups is 2. The molecule has 1 aromatic carbocycles. The number of halogens is 1. The number of carbonyl (C=O) groups excluding carboxylic acids is 2. The Balaban J connectivity index is 2.07. The van der Waals surface area contributed by atoms with Crippen molar-refractivity contribution in [1.29, 1.82) is 0 Å². The maximum absolute atomic E-state index is 12.1. The van der Waals surface area contributed by atoms with E-state index in [1.54, 1.807) is 31.2 Å². The number of rotatable bonds is 14. The maximum Gasteiger partial charge on any atom is 0.328 e. The highest BCUT2D eigenvalue weighted by molar-refractivity contribution is 6.33. The van der Waals surface area contributed by atoms with Gasteiger partial charge in [-0.3, -0.25) is 4.79 Å². The van der Waals surface area contributed by atoms with Crippen LogP contribution >= 0.6 is 11.6 Å². The Bertz CT molecular complexity index is 562. The Morgan fingerprint density at radius 1 is 0.963 bits per heavy atom. The third-order valence-electron chi connectivity index (χ3n) is 4.56. The Hall–Kier alpha value is -1.55. The average Bonchev–Trinajstić information content (AvgIpc) is 2.66. The van der Waals surface area contributed by atoms with Crippen LogP contribution in [0.1, 0.15) is 88.4 Å². The van der Waals surface area contributed by atoms with Crippen LogP contribution in [0.15, 0.2) is 24.3 Å². The van der Waals surface area contributed by atoms with Gasteiger partial charge >= 0.3 is 5.97 Å². The van der Waals surface area contributed by atoms with Crippen molar-refractivity contribution < 1.29 is 14.3 Å². The van der Waals surface area contributed by atoms with Gasteiger partial charge in [-0.25, -0.2) is 4.79 Å². The van der Waals surface area contributed by atoms with Gasteiger partial charge in [0.05, 0.1) is 17.2 Å². The lowest BCUT2D eigenvalue weighted by Gasteiger charge is -2.14. The Labute approximate surface area is 169 Å². The average molecular weight is 396 g/mol. The Kier molecular flexibility index (Phi) is 12.6. The molecular formula is C22H34ClNO3. The highest BCUT2D eigenvalue weighted by Gasteiger charge is 2.19. The molecule has 0 radical (unpaired) electrons. The minimum absolute atomic E-state index is 0.355. The van der Waals surface area contributed by atoms with E-state index in [-0.39, 0.29) is 5.91 Å². The second-order valence-corrected chi connectivity index (χ2v) is 7.43. The first kappa shape index (κ1) is 23.5. The fourth-order valence-electron chi connectivity index (χ4n) is 2.87. The summed E-state index contributed by atoms with van der Waals surface area (Å²) in [7, 11) is 0. The zero-order valence-electron chi connectivity index (χ0n) is 16.8.